The molecule has 1 aliphatic heterocycles. The molecule has 0 aromatic heterocycles. The maximum absolute atomic E-state index is 12.4. The number of carbonyl (C=O) groups is 1. The van der Waals surface area contributed by atoms with Crippen LogP contribution in [0.2, 0.25) is 0 Å². The van der Waals surface area contributed by atoms with Gasteiger partial charge in [-0.1, -0.05) is 24.3 Å². The Morgan fingerprint density at radius 3 is 2.29 bits per heavy atom. The van der Waals surface area contributed by atoms with Crippen molar-refractivity contribution in [1.29, 1.82) is 0 Å². The van der Waals surface area contributed by atoms with Gasteiger partial charge in [-0.2, -0.15) is 0 Å². The number of nitro benzene ring substituents is 1. The van der Waals surface area contributed by atoms with Crippen molar-refractivity contribution in [3.05, 3.63) is 69.3 Å². The number of hydrogen-bond acceptors (Lipinski definition) is 4. The minimum atomic E-state index is -0.560. The average molecular weight is 283 g/mol. The molecule has 1 aliphatic rings. The SMILES string of the molecule is Nc1cc(C(=O)N2Cc3ccccc3C2)ccc1[N+](=O)[O-]. The minimum Gasteiger partial charge on any atom is -0.393 e. The quantitative estimate of drug-likeness (QED) is 0.520. The van der Waals surface area contributed by atoms with Crippen LogP contribution in [-0.2, 0) is 13.1 Å². The van der Waals surface area contributed by atoms with Gasteiger partial charge in [-0.3, -0.25) is 14.9 Å². The highest BCUT2D eigenvalue weighted by molar-refractivity contribution is 5.96. The number of benzene rings is 2. The van der Waals surface area contributed by atoms with E-state index in [1.54, 1.807) is 4.90 Å². The lowest BCUT2D eigenvalue weighted by Gasteiger charge is -2.15. The van der Waals surface area contributed by atoms with Crippen LogP contribution in [0.25, 0.3) is 0 Å². The van der Waals surface area contributed by atoms with Crippen molar-refractivity contribution in [3.8, 4) is 0 Å². The first kappa shape index (κ1) is 13.1. The molecule has 1 amide bonds. The molecule has 0 bridgehead atoms. The molecular weight excluding hydrogens is 270 g/mol. The predicted molar refractivity (Wildman–Crippen MR) is 77.5 cm³/mol. The topological polar surface area (TPSA) is 89.5 Å². The third-order valence-electron chi connectivity index (χ3n) is 3.60. The average Bonchev–Trinajstić information content (AvgIpc) is 2.89. The third kappa shape index (κ3) is 2.31. The van der Waals surface area contributed by atoms with Crippen LogP contribution in [-0.4, -0.2) is 15.7 Å². The van der Waals surface area contributed by atoms with Gasteiger partial charge < -0.3 is 10.6 Å². The van der Waals surface area contributed by atoms with E-state index in [0.717, 1.165) is 11.1 Å². The number of hydrogen-bond donors (Lipinski definition) is 1. The van der Waals surface area contributed by atoms with Crippen LogP contribution >= 0.6 is 0 Å². The number of nitrogens with zero attached hydrogens (tertiary/aromatic N) is 2. The fourth-order valence-corrected chi connectivity index (χ4v) is 2.51. The molecule has 0 saturated heterocycles. The van der Waals surface area contributed by atoms with Gasteiger partial charge in [0.2, 0.25) is 0 Å². The van der Waals surface area contributed by atoms with E-state index in [1.807, 2.05) is 24.3 Å². The number of anilines is 1. The summed E-state index contributed by atoms with van der Waals surface area (Å²) in [5, 5.41) is 10.7. The Bertz CT molecular complexity index is 718. The zero-order valence-electron chi connectivity index (χ0n) is 11.2. The molecule has 6 nitrogen and oxygen atoms in total. The Balaban J connectivity index is 1.84. The fourth-order valence-electron chi connectivity index (χ4n) is 2.51. The number of nitrogen functional groups attached to an aromatic ring is 1. The molecule has 0 spiro atoms. The molecular formula is C15H13N3O3. The smallest absolute Gasteiger partial charge is 0.292 e. The lowest BCUT2D eigenvalue weighted by atomic mass is 10.1. The van der Waals surface area contributed by atoms with Crippen LogP contribution in [0.15, 0.2) is 42.5 Å². The van der Waals surface area contributed by atoms with E-state index < -0.39 is 4.92 Å². The fraction of sp³-hybridized carbons (Fsp3) is 0.133. The van der Waals surface area contributed by atoms with Crippen LogP contribution in [0.3, 0.4) is 0 Å². The van der Waals surface area contributed by atoms with Crippen molar-refractivity contribution in [2.24, 2.45) is 0 Å². The van der Waals surface area contributed by atoms with Gasteiger partial charge in [0.25, 0.3) is 11.6 Å². The predicted octanol–water partition coefficient (Wildman–Crippen LogP) is 2.33. The van der Waals surface area contributed by atoms with E-state index in [1.165, 1.54) is 18.2 Å². The molecule has 2 N–H and O–H groups in total. The Morgan fingerprint density at radius 1 is 1.14 bits per heavy atom. The highest BCUT2D eigenvalue weighted by Crippen LogP contribution is 2.26. The Kier molecular flexibility index (Phi) is 3.06. The van der Waals surface area contributed by atoms with Gasteiger partial charge in [-0.15, -0.1) is 0 Å². The van der Waals surface area contributed by atoms with E-state index in [2.05, 4.69) is 0 Å². The van der Waals surface area contributed by atoms with Gasteiger partial charge in [0.1, 0.15) is 5.69 Å². The minimum absolute atomic E-state index is 0.00237. The Labute approximate surface area is 120 Å². The monoisotopic (exact) mass is 283 g/mol. The van der Waals surface area contributed by atoms with E-state index in [9.17, 15) is 14.9 Å². The zero-order chi connectivity index (χ0) is 15.0. The molecule has 0 unspecified atom stereocenters. The van der Waals surface area contributed by atoms with Crippen molar-refractivity contribution in [2.45, 2.75) is 13.1 Å². The number of fused-ring (bicyclic) bond motifs is 1. The molecule has 1 heterocycles. The van der Waals surface area contributed by atoms with Gasteiger partial charge in [0.15, 0.2) is 0 Å². The van der Waals surface area contributed by atoms with Crippen LogP contribution in [0.5, 0.6) is 0 Å². The van der Waals surface area contributed by atoms with Gasteiger partial charge in [-0.05, 0) is 23.3 Å². The first-order chi connectivity index (χ1) is 10.1. The maximum atomic E-state index is 12.4. The molecule has 3 rings (SSSR count). The van der Waals surface area contributed by atoms with Crippen LogP contribution < -0.4 is 5.73 Å². The summed E-state index contributed by atoms with van der Waals surface area (Å²) in [7, 11) is 0. The van der Waals surface area contributed by atoms with Crippen molar-refractivity contribution in [1.82, 2.24) is 4.90 Å². The summed E-state index contributed by atoms with van der Waals surface area (Å²) < 4.78 is 0. The summed E-state index contributed by atoms with van der Waals surface area (Å²) in [6, 6.07) is 11.9. The number of nitrogens with two attached hydrogens (primary N) is 1. The molecule has 0 fully saturated rings. The molecule has 6 heteroatoms. The molecule has 21 heavy (non-hydrogen) atoms. The highest BCUT2D eigenvalue weighted by Gasteiger charge is 2.25. The largest absolute Gasteiger partial charge is 0.393 e. The van der Waals surface area contributed by atoms with E-state index in [0.29, 0.717) is 18.7 Å². The molecule has 106 valence electrons. The summed E-state index contributed by atoms with van der Waals surface area (Å²) in [6.07, 6.45) is 0. The highest BCUT2D eigenvalue weighted by atomic mass is 16.6. The van der Waals surface area contributed by atoms with Gasteiger partial charge in [0.05, 0.1) is 4.92 Å². The lowest BCUT2D eigenvalue weighted by Crippen LogP contribution is -2.25. The zero-order valence-corrected chi connectivity index (χ0v) is 11.2. The maximum Gasteiger partial charge on any atom is 0.292 e. The van der Waals surface area contributed by atoms with Gasteiger partial charge in [-0.25, -0.2) is 0 Å². The number of rotatable bonds is 2. The number of amides is 1. The van der Waals surface area contributed by atoms with Crippen molar-refractivity contribution in [2.75, 3.05) is 5.73 Å². The lowest BCUT2D eigenvalue weighted by molar-refractivity contribution is -0.383. The number of nitro groups is 1. The second-order valence-corrected chi connectivity index (χ2v) is 4.96. The summed E-state index contributed by atoms with van der Waals surface area (Å²) in [5.74, 6) is -0.173. The Hall–Kier alpha value is -2.89. The van der Waals surface area contributed by atoms with E-state index >= 15 is 0 Å². The Morgan fingerprint density at radius 2 is 1.76 bits per heavy atom. The van der Waals surface area contributed by atoms with E-state index in [-0.39, 0.29) is 17.3 Å². The second-order valence-electron chi connectivity index (χ2n) is 4.96. The summed E-state index contributed by atoms with van der Waals surface area (Å²) >= 11 is 0. The molecule has 2 aromatic carbocycles. The van der Waals surface area contributed by atoms with Crippen LogP contribution in [0.1, 0.15) is 21.5 Å². The van der Waals surface area contributed by atoms with Crippen molar-refractivity contribution < 1.29 is 9.72 Å². The molecule has 0 aliphatic carbocycles. The first-order valence-electron chi connectivity index (χ1n) is 6.46. The summed E-state index contributed by atoms with van der Waals surface area (Å²) in [4.78, 5) is 24.3. The van der Waals surface area contributed by atoms with Crippen LogP contribution in [0.4, 0.5) is 11.4 Å². The van der Waals surface area contributed by atoms with Crippen LogP contribution in [0, 0.1) is 10.1 Å². The van der Waals surface area contributed by atoms with Gasteiger partial charge in [0, 0.05) is 24.7 Å². The summed E-state index contributed by atoms with van der Waals surface area (Å²) in [6.45, 7) is 1.10. The normalized spacial score (nSPS) is 13.0. The van der Waals surface area contributed by atoms with Gasteiger partial charge >= 0.3 is 0 Å². The molecule has 0 radical (unpaired) electrons. The first-order valence-corrected chi connectivity index (χ1v) is 6.46. The van der Waals surface area contributed by atoms with Crippen molar-refractivity contribution in [3.63, 3.8) is 0 Å². The third-order valence-corrected chi connectivity index (χ3v) is 3.60. The van der Waals surface area contributed by atoms with Crippen molar-refractivity contribution >= 4 is 17.3 Å². The van der Waals surface area contributed by atoms with E-state index in [4.69, 9.17) is 5.73 Å². The standard InChI is InChI=1S/C15H13N3O3/c16-13-7-10(5-6-14(13)18(20)21)15(19)17-8-11-3-1-2-4-12(11)9-17/h1-7H,8-9,16H2. The molecule has 2 aromatic rings. The summed E-state index contributed by atoms with van der Waals surface area (Å²) in [5.41, 5.74) is 8.07. The molecule has 0 saturated carbocycles. The number of carbonyl (C=O) groups excluding carboxylic acids is 1. The second kappa shape index (κ2) is 4.90. The molecule has 0 atom stereocenters.